The van der Waals surface area contributed by atoms with E-state index in [0.29, 0.717) is 13.0 Å². The molecule has 0 fully saturated rings. The van der Waals surface area contributed by atoms with Gasteiger partial charge in [-0.15, -0.1) is 0 Å². The van der Waals surface area contributed by atoms with Crippen molar-refractivity contribution in [2.45, 2.75) is 154 Å². The molecular weight excluding hydrogens is 655 g/mol. The van der Waals surface area contributed by atoms with E-state index in [9.17, 15) is 19.4 Å². The van der Waals surface area contributed by atoms with Gasteiger partial charge in [0.1, 0.15) is 12.2 Å². The minimum absolute atomic E-state index is 0.0316. The summed E-state index contributed by atoms with van der Waals surface area (Å²) in [5.74, 6) is -0.406. The largest absolute Gasteiger partial charge is 0.472 e. The maximum absolute atomic E-state index is 12.5. The molecule has 0 aromatic rings. The molecule has 0 aliphatic rings. The van der Waals surface area contributed by atoms with E-state index in [2.05, 4.69) is 74.6 Å². The van der Waals surface area contributed by atoms with Crippen molar-refractivity contribution in [2.24, 2.45) is 0 Å². The topological polar surface area (TPSA) is 132 Å². The number of hydrogen-bond donors (Lipinski definition) is 3. The van der Waals surface area contributed by atoms with Crippen LogP contribution in [0.1, 0.15) is 142 Å². The summed E-state index contributed by atoms with van der Waals surface area (Å²) in [5, 5.41) is 18.3. The number of unbranched alkanes of at least 4 members (excludes halogenated alkanes) is 12. The zero-order chi connectivity index (χ0) is 36.8. The van der Waals surface area contributed by atoms with Gasteiger partial charge in [0.2, 0.25) is 0 Å². The first-order valence-electron chi connectivity index (χ1n) is 19.3. The van der Waals surface area contributed by atoms with Crippen LogP contribution in [0, 0.1) is 0 Å². The second-order valence-electron chi connectivity index (χ2n) is 12.6. The summed E-state index contributed by atoms with van der Waals surface area (Å²) in [4.78, 5) is 22.5. The Kier molecular flexibility index (Phi) is 35.6. The van der Waals surface area contributed by atoms with Crippen molar-refractivity contribution in [1.29, 1.82) is 0 Å². The summed E-state index contributed by atoms with van der Waals surface area (Å²) in [6.45, 7) is 3.26. The number of hydrogen-bond acceptors (Lipinski definition) is 8. The zero-order valence-electron chi connectivity index (χ0n) is 31.3. The van der Waals surface area contributed by atoms with Gasteiger partial charge in [-0.3, -0.25) is 13.8 Å². The Bertz CT molecular complexity index is 960. The number of aliphatic hydroxyl groups is 2. The summed E-state index contributed by atoms with van der Waals surface area (Å²) >= 11 is 0. The van der Waals surface area contributed by atoms with Crippen LogP contribution in [-0.2, 0) is 27.9 Å². The Morgan fingerprint density at radius 3 is 1.72 bits per heavy atom. The van der Waals surface area contributed by atoms with Crippen LogP contribution in [-0.4, -0.2) is 66.3 Å². The Morgan fingerprint density at radius 2 is 1.14 bits per heavy atom. The Morgan fingerprint density at radius 1 is 0.640 bits per heavy atom. The highest BCUT2D eigenvalue weighted by Crippen LogP contribution is 2.43. The summed E-state index contributed by atoms with van der Waals surface area (Å²) in [6.07, 6.45) is 40.3. The highest BCUT2D eigenvalue weighted by atomic mass is 31.2. The molecule has 9 nitrogen and oxygen atoms in total. The van der Waals surface area contributed by atoms with Gasteiger partial charge in [-0.1, -0.05) is 126 Å². The van der Waals surface area contributed by atoms with E-state index < -0.39 is 45.8 Å². The molecule has 0 aromatic carbocycles. The first-order chi connectivity index (χ1) is 24.3. The lowest BCUT2D eigenvalue weighted by atomic mass is 10.1. The van der Waals surface area contributed by atoms with Crippen LogP contribution in [0.2, 0.25) is 0 Å². The lowest BCUT2D eigenvalue weighted by Gasteiger charge is -2.20. The molecular formula is C40H71O9P. The van der Waals surface area contributed by atoms with E-state index in [-0.39, 0.29) is 13.0 Å². The van der Waals surface area contributed by atoms with Crippen LogP contribution in [0.5, 0.6) is 0 Å². The molecule has 0 aromatic heterocycles. The summed E-state index contributed by atoms with van der Waals surface area (Å²) in [5.41, 5.74) is 0. The average Bonchev–Trinajstić information content (AvgIpc) is 3.10. The van der Waals surface area contributed by atoms with Gasteiger partial charge in [0.15, 0.2) is 0 Å². The number of ether oxygens (including phenoxy) is 2. The van der Waals surface area contributed by atoms with Gasteiger partial charge in [0.25, 0.3) is 0 Å². The van der Waals surface area contributed by atoms with Gasteiger partial charge in [0.05, 0.1) is 26.4 Å². The van der Waals surface area contributed by atoms with E-state index in [1.54, 1.807) is 0 Å². The van der Waals surface area contributed by atoms with E-state index in [1.807, 2.05) is 0 Å². The van der Waals surface area contributed by atoms with E-state index in [1.165, 1.54) is 25.7 Å². The fourth-order valence-corrected chi connectivity index (χ4v) is 5.55. The number of allylic oxidation sites excluding steroid dienone is 10. The molecule has 0 spiro atoms. The maximum Gasteiger partial charge on any atom is 0.472 e. The third kappa shape index (κ3) is 36.0. The quantitative estimate of drug-likeness (QED) is 0.0250. The van der Waals surface area contributed by atoms with Gasteiger partial charge >= 0.3 is 13.8 Å². The van der Waals surface area contributed by atoms with Crippen molar-refractivity contribution in [3.63, 3.8) is 0 Å². The van der Waals surface area contributed by atoms with Crippen LogP contribution in [0.3, 0.4) is 0 Å². The van der Waals surface area contributed by atoms with Gasteiger partial charge in [-0.2, -0.15) is 0 Å². The van der Waals surface area contributed by atoms with Crippen LogP contribution in [0.25, 0.3) is 0 Å². The Hall–Kier alpha value is -1.84. The number of esters is 1. The highest BCUT2D eigenvalue weighted by Gasteiger charge is 2.26. The van der Waals surface area contributed by atoms with Gasteiger partial charge < -0.3 is 24.6 Å². The van der Waals surface area contributed by atoms with Crippen LogP contribution in [0.15, 0.2) is 60.8 Å². The molecule has 0 aliphatic carbocycles. The predicted molar refractivity (Wildman–Crippen MR) is 205 cm³/mol. The van der Waals surface area contributed by atoms with Crippen molar-refractivity contribution < 1.29 is 43.0 Å². The van der Waals surface area contributed by atoms with Gasteiger partial charge in [-0.25, -0.2) is 4.57 Å². The van der Waals surface area contributed by atoms with Crippen molar-refractivity contribution in [3.05, 3.63) is 60.8 Å². The number of phosphoric ester groups is 1. The summed E-state index contributed by atoms with van der Waals surface area (Å²) < 4.78 is 33.2. The molecule has 0 radical (unpaired) electrons. The molecule has 0 heterocycles. The fraction of sp³-hybridized carbons (Fsp3) is 0.725. The Balaban J connectivity index is 4.28. The molecule has 0 bridgehead atoms. The van der Waals surface area contributed by atoms with Crippen LogP contribution >= 0.6 is 7.82 Å². The molecule has 0 aliphatic heterocycles. The lowest BCUT2D eigenvalue weighted by Crippen LogP contribution is -2.29. The molecule has 50 heavy (non-hydrogen) atoms. The average molecular weight is 727 g/mol. The van der Waals surface area contributed by atoms with E-state index in [4.69, 9.17) is 23.6 Å². The lowest BCUT2D eigenvalue weighted by molar-refractivity contribution is -0.154. The van der Waals surface area contributed by atoms with E-state index >= 15 is 0 Å². The molecule has 10 heteroatoms. The number of rotatable bonds is 36. The normalized spacial score (nSPS) is 14.9. The minimum Gasteiger partial charge on any atom is -0.457 e. The Labute approximate surface area is 304 Å². The van der Waals surface area contributed by atoms with Crippen LogP contribution in [0.4, 0.5) is 0 Å². The number of aliphatic hydroxyl groups excluding tert-OH is 2. The number of carbonyl (C=O) groups is 1. The highest BCUT2D eigenvalue weighted by molar-refractivity contribution is 7.47. The summed E-state index contributed by atoms with van der Waals surface area (Å²) in [6, 6.07) is 0. The molecule has 3 atom stereocenters. The third-order valence-corrected chi connectivity index (χ3v) is 8.62. The molecule has 3 N–H and O–H groups in total. The van der Waals surface area contributed by atoms with Crippen LogP contribution < -0.4 is 0 Å². The minimum atomic E-state index is -4.52. The van der Waals surface area contributed by atoms with Crippen molar-refractivity contribution in [3.8, 4) is 0 Å². The molecule has 0 saturated heterocycles. The fourth-order valence-electron chi connectivity index (χ4n) is 4.76. The standard InChI is InChI=1S/C40H71O9P/c1-3-5-7-9-11-13-15-17-18-19-21-23-25-27-29-31-33-46-36-39(37-48-50(44,45)47-35-38(42)34-41)49-40(43)32-30-28-26-24-22-20-16-14-12-10-8-6-4-2/h5,7-8,10-11,13-14,16-18,38-39,41-42H,3-4,6,9,12,15,19-37H2,1-2H3,(H,44,45)/b7-5-,10-8-,13-11-,16-14-,18-17-. The molecule has 3 unspecified atom stereocenters. The molecule has 0 amide bonds. The monoisotopic (exact) mass is 726 g/mol. The number of carbonyl (C=O) groups excluding carboxylic acids is 1. The predicted octanol–water partition coefficient (Wildman–Crippen LogP) is 10.0. The zero-order valence-corrected chi connectivity index (χ0v) is 32.2. The van der Waals surface area contributed by atoms with Crippen molar-refractivity contribution >= 4 is 13.8 Å². The third-order valence-electron chi connectivity index (χ3n) is 7.67. The van der Waals surface area contributed by atoms with E-state index in [0.717, 1.165) is 89.9 Å². The molecule has 0 rings (SSSR count). The first kappa shape index (κ1) is 48.2. The second kappa shape index (κ2) is 36.9. The molecule has 0 saturated carbocycles. The smallest absolute Gasteiger partial charge is 0.457 e. The maximum atomic E-state index is 12.5. The molecule has 290 valence electrons. The SMILES string of the molecule is CC/C=C\C/C=C\C/C=C\CCCCCCCCOCC(COP(=O)(O)OCC(O)CO)OC(=O)CCCCCCC/C=C\C/C=C\CCC. The number of phosphoric acid groups is 1. The second-order valence-corrected chi connectivity index (χ2v) is 14.0. The van der Waals surface area contributed by atoms with Crippen molar-refractivity contribution in [2.75, 3.05) is 33.0 Å². The van der Waals surface area contributed by atoms with Gasteiger partial charge in [0, 0.05) is 13.0 Å². The summed E-state index contributed by atoms with van der Waals surface area (Å²) in [7, 11) is -4.52. The van der Waals surface area contributed by atoms with Crippen molar-refractivity contribution in [1.82, 2.24) is 0 Å². The van der Waals surface area contributed by atoms with Gasteiger partial charge in [-0.05, 0) is 70.6 Å². The first-order valence-corrected chi connectivity index (χ1v) is 20.8.